The fourth-order valence-corrected chi connectivity index (χ4v) is 8.97. The molecule has 0 N–H and O–H groups in total. The highest BCUT2D eigenvalue weighted by molar-refractivity contribution is 7.25. The molecule has 2 atom stereocenters. The minimum Gasteiger partial charge on any atom is -0.484 e. The lowest BCUT2D eigenvalue weighted by molar-refractivity contribution is 0.224. The first-order valence-corrected chi connectivity index (χ1v) is 18.0. The Labute approximate surface area is 297 Å². The number of nitrogens with zero attached hydrogens (tertiary/aromatic N) is 4. The van der Waals surface area contributed by atoms with E-state index in [-0.39, 0.29) is 12.0 Å². The molecule has 2 unspecified atom stereocenters. The second kappa shape index (κ2) is 11.1. The first-order valence-electron chi connectivity index (χ1n) is 17.2. The number of ether oxygens (including phenoxy) is 1. The summed E-state index contributed by atoms with van der Waals surface area (Å²) in [5, 5.41) is 3.68. The maximum absolute atomic E-state index is 6.82. The highest BCUT2D eigenvalue weighted by Crippen LogP contribution is 2.53. The van der Waals surface area contributed by atoms with Crippen molar-refractivity contribution in [2.45, 2.75) is 12.0 Å². The Morgan fingerprint density at radius 3 is 2.02 bits per heavy atom. The standard InChI is InChI=1S/C45H28N4OS/c1-3-11-27(12-4-1)43-46-44(48-45(47-43)29-20-24-40-35(26-29)31-15-8-10-18-39(31)51-40)28-19-23-38-34(25-28)32-21-22-37-41(42(32)50-38)33-16-7-9-17-36(33)49(37)30-13-5-2-6-14-30/h1-26,32,42H. The van der Waals surface area contributed by atoms with Gasteiger partial charge in [0, 0.05) is 65.0 Å². The second-order valence-electron chi connectivity index (χ2n) is 13.1. The van der Waals surface area contributed by atoms with Gasteiger partial charge in [-0.2, -0.15) is 0 Å². The maximum Gasteiger partial charge on any atom is 0.164 e. The number of aromatic nitrogens is 4. The molecule has 9 aromatic rings. The SMILES string of the molecule is C1=CC2c3cc(-c4nc(-c5ccccc5)nc(-c5ccc6sc7ccccc7c6c5)n4)ccc3OC2c2c1n(-c1ccccc1)c1ccccc21. The summed E-state index contributed by atoms with van der Waals surface area (Å²) in [7, 11) is 0. The summed E-state index contributed by atoms with van der Waals surface area (Å²) in [5.41, 5.74) is 8.71. The number of thiophene rings is 1. The molecule has 0 saturated carbocycles. The fourth-order valence-electron chi connectivity index (χ4n) is 7.89. The van der Waals surface area contributed by atoms with Crippen molar-refractivity contribution < 1.29 is 4.74 Å². The highest BCUT2D eigenvalue weighted by Gasteiger charge is 2.40. The molecule has 0 amide bonds. The van der Waals surface area contributed by atoms with Crippen molar-refractivity contribution in [2.24, 2.45) is 0 Å². The molecule has 0 bridgehead atoms. The van der Waals surface area contributed by atoms with E-state index < -0.39 is 0 Å². The van der Waals surface area contributed by atoms with E-state index >= 15 is 0 Å². The van der Waals surface area contributed by atoms with Crippen LogP contribution in [0.2, 0.25) is 0 Å². The van der Waals surface area contributed by atoms with Crippen molar-refractivity contribution in [2.75, 3.05) is 0 Å². The van der Waals surface area contributed by atoms with Crippen LogP contribution in [-0.2, 0) is 0 Å². The number of rotatable bonds is 4. The molecular formula is C45H28N4OS. The van der Waals surface area contributed by atoms with Gasteiger partial charge in [-0.3, -0.25) is 0 Å². The van der Waals surface area contributed by atoms with Crippen molar-refractivity contribution in [1.29, 1.82) is 0 Å². The van der Waals surface area contributed by atoms with Gasteiger partial charge in [-0.1, -0.05) is 91.0 Å². The van der Waals surface area contributed by atoms with Gasteiger partial charge in [0.15, 0.2) is 17.5 Å². The summed E-state index contributed by atoms with van der Waals surface area (Å²) >= 11 is 1.81. The number of hydrogen-bond donors (Lipinski definition) is 0. The molecule has 51 heavy (non-hydrogen) atoms. The zero-order valence-corrected chi connectivity index (χ0v) is 28.1. The van der Waals surface area contributed by atoms with Crippen molar-refractivity contribution in [1.82, 2.24) is 19.5 Å². The van der Waals surface area contributed by atoms with Crippen LogP contribution in [0.5, 0.6) is 5.75 Å². The van der Waals surface area contributed by atoms with E-state index in [9.17, 15) is 0 Å². The summed E-state index contributed by atoms with van der Waals surface area (Å²) in [4.78, 5) is 15.2. The van der Waals surface area contributed by atoms with Gasteiger partial charge in [0.2, 0.25) is 0 Å². The molecule has 11 rings (SSSR count). The molecule has 0 spiro atoms. The smallest absolute Gasteiger partial charge is 0.164 e. The molecule has 0 saturated heterocycles. The molecule has 240 valence electrons. The van der Waals surface area contributed by atoms with Gasteiger partial charge >= 0.3 is 0 Å². The molecule has 6 heteroatoms. The van der Waals surface area contributed by atoms with Crippen LogP contribution in [-0.4, -0.2) is 19.5 Å². The Kier molecular flexibility index (Phi) is 6.18. The Balaban J connectivity index is 1.04. The molecule has 0 radical (unpaired) electrons. The number of para-hydroxylation sites is 2. The maximum atomic E-state index is 6.82. The lowest BCUT2D eigenvalue weighted by Crippen LogP contribution is -2.13. The van der Waals surface area contributed by atoms with Gasteiger partial charge in [0.1, 0.15) is 11.9 Å². The van der Waals surface area contributed by atoms with Crippen molar-refractivity contribution in [3.63, 3.8) is 0 Å². The molecule has 0 fully saturated rings. The summed E-state index contributed by atoms with van der Waals surface area (Å²) in [6.45, 7) is 0. The van der Waals surface area contributed by atoms with Gasteiger partial charge in [-0.15, -0.1) is 11.3 Å². The Morgan fingerprint density at radius 1 is 0.549 bits per heavy atom. The van der Waals surface area contributed by atoms with Crippen LogP contribution in [0.1, 0.15) is 28.8 Å². The van der Waals surface area contributed by atoms with Gasteiger partial charge < -0.3 is 9.30 Å². The minimum absolute atomic E-state index is 0.0617. The van der Waals surface area contributed by atoms with E-state index in [1.54, 1.807) is 0 Å². The summed E-state index contributed by atoms with van der Waals surface area (Å²) in [6.07, 6.45) is 4.44. The lowest BCUT2D eigenvalue weighted by Gasteiger charge is -2.22. The van der Waals surface area contributed by atoms with Gasteiger partial charge in [-0.05, 0) is 66.7 Å². The van der Waals surface area contributed by atoms with Crippen LogP contribution in [0.3, 0.4) is 0 Å². The first kappa shape index (κ1) is 28.5. The average molecular weight is 673 g/mol. The average Bonchev–Trinajstić information content (AvgIpc) is 3.87. The molecule has 6 aromatic carbocycles. The molecule has 5 nitrogen and oxygen atoms in total. The molecule has 1 aliphatic carbocycles. The Hall–Kier alpha value is -6.37. The predicted molar refractivity (Wildman–Crippen MR) is 207 cm³/mol. The third-order valence-electron chi connectivity index (χ3n) is 10.2. The molecule has 1 aliphatic heterocycles. The topological polar surface area (TPSA) is 52.8 Å². The number of hydrogen-bond acceptors (Lipinski definition) is 5. The zero-order valence-electron chi connectivity index (χ0n) is 27.3. The van der Waals surface area contributed by atoms with Crippen molar-refractivity contribution in [3.8, 4) is 45.6 Å². The quantitative estimate of drug-likeness (QED) is 0.187. The molecule has 4 heterocycles. The van der Waals surface area contributed by atoms with Crippen molar-refractivity contribution in [3.05, 3.63) is 168 Å². The highest BCUT2D eigenvalue weighted by atomic mass is 32.1. The van der Waals surface area contributed by atoms with Gasteiger partial charge in [-0.25, -0.2) is 15.0 Å². The molecule has 3 aromatic heterocycles. The van der Waals surface area contributed by atoms with Gasteiger partial charge in [0.25, 0.3) is 0 Å². The predicted octanol–water partition coefficient (Wildman–Crippen LogP) is 11.4. The zero-order chi connectivity index (χ0) is 33.5. The van der Waals surface area contributed by atoms with E-state index in [0.717, 1.165) is 33.7 Å². The minimum atomic E-state index is -0.133. The van der Waals surface area contributed by atoms with E-state index in [1.807, 2.05) is 29.5 Å². The summed E-state index contributed by atoms with van der Waals surface area (Å²) in [5.74, 6) is 2.90. The second-order valence-corrected chi connectivity index (χ2v) is 14.2. The Morgan fingerprint density at radius 2 is 1.20 bits per heavy atom. The van der Waals surface area contributed by atoms with Crippen LogP contribution >= 0.6 is 11.3 Å². The van der Waals surface area contributed by atoms with E-state index in [0.29, 0.717) is 17.5 Å². The van der Waals surface area contributed by atoms with Crippen LogP contribution in [0, 0.1) is 0 Å². The first-order chi connectivity index (χ1) is 25.3. The summed E-state index contributed by atoms with van der Waals surface area (Å²) in [6, 6.07) is 50.9. The number of fused-ring (bicyclic) bond motifs is 10. The third-order valence-corrected chi connectivity index (χ3v) is 11.4. The van der Waals surface area contributed by atoms with Crippen LogP contribution in [0.4, 0.5) is 0 Å². The monoisotopic (exact) mass is 672 g/mol. The normalized spacial score (nSPS) is 15.9. The molecular weight excluding hydrogens is 645 g/mol. The van der Waals surface area contributed by atoms with Crippen LogP contribution in [0.25, 0.3) is 77.0 Å². The summed E-state index contributed by atoms with van der Waals surface area (Å²) < 4.78 is 11.7. The van der Waals surface area contributed by atoms with Crippen molar-refractivity contribution >= 4 is 48.5 Å². The lowest BCUT2D eigenvalue weighted by atomic mass is 9.85. The van der Waals surface area contributed by atoms with Gasteiger partial charge in [0.05, 0.1) is 11.2 Å². The van der Waals surface area contributed by atoms with E-state index in [2.05, 4.69) is 144 Å². The Bertz CT molecular complexity index is 2850. The van der Waals surface area contributed by atoms with E-state index in [4.69, 9.17) is 19.7 Å². The van der Waals surface area contributed by atoms with Crippen LogP contribution < -0.4 is 4.74 Å². The third kappa shape index (κ3) is 4.43. The fraction of sp³-hybridized carbons (Fsp3) is 0.0444. The van der Waals surface area contributed by atoms with E-state index in [1.165, 1.54) is 42.3 Å². The van der Waals surface area contributed by atoms with Crippen LogP contribution in [0.15, 0.2) is 152 Å². The largest absolute Gasteiger partial charge is 0.484 e. The number of benzene rings is 6. The molecule has 2 aliphatic rings.